The van der Waals surface area contributed by atoms with E-state index in [4.69, 9.17) is 14.3 Å². The summed E-state index contributed by atoms with van der Waals surface area (Å²) < 4.78 is 10.3. The second-order valence-electron chi connectivity index (χ2n) is 3.79. The predicted octanol–water partition coefficient (Wildman–Crippen LogP) is -0.377. The number of rotatable bonds is 8. The lowest BCUT2D eigenvalue weighted by molar-refractivity contribution is 0.198. The van der Waals surface area contributed by atoms with Crippen LogP contribution in [0.15, 0.2) is 4.42 Å². The molecule has 0 radical (unpaired) electrons. The molecule has 1 aromatic heterocycles. The number of anilines is 1. The Balaban J connectivity index is 2.42. The number of methoxy groups -OCH3 is 1. The zero-order valence-corrected chi connectivity index (χ0v) is 10.5. The highest BCUT2D eigenvalue weighted by Crippen LogP contribution is 2.12. The number of aliphatic hydroxyl groups excluding tert-OH is 1. The maximum Gasteiger partial charge on any atom is 0.318 e. The summed E-state index contributed by atoms with van der Waals surface area (Å²) in [6.45, 7) is 3.80. The van der Waals surface area contributed by atoms with Crippen LogP contribution in [0.1, 0.15) is 12.8 Å². The molecular weight excluding hydrogens is 224 g/mol. The molecule has 0 spiro atoms. The molecule has 1 unspecified atom stereocenters. The van der Waals surface area contributed by atoms with Crippen LogP contribution in [0.4, 0.5) is 6.01 Å². The first kappa shape index (κ1) is 13.9. The highest BCUT2D eigenvalue weighted by Gasteiger charge is 2.15. The third-order valence-corrected chi connectivity index (χ3v) is 2.44. The first-order valence-electron chi connectivity index (χ1n) is 5.54. The number of aromatic nitrogens is 2. The maximum atomic E-state index is 9.02. The number of likely N-dealkylation sites (N-methyl/N-ethyl adjacent to an activating group) is 1. The van der Waals surface area contributed by atoms with Crippen molar-refractivity contribution < 1.29 is 14.3 Å². The Bertz CT molecular complexity index is 318. The molecule has 0 saturated carbocycles. The van der Waals surface area contributed by atoms with E-state index in [0.717, 1.165) is 6.54 Å². The second-order valence-corrected chi connectivity index (χ2v) is 3.79. The van der Waals surface area contributed by atoms with E-state index in [1.165, 1.54) is 0 Å². The van der Waals surface area contributed by atoms with Crippen molar-refractivity contribution in [2.75, 3.05) is 38.8 Å². The lowest BCUT2D eigenvalue weighted by Crippen LogP contribution is -2.32. The van der Waals surface area contributed by atoms with Gasteiger partial charge in [0, 0.05) is 20.7 Å². The molecule has 0 saturated heterocycles. The molecule has 0 aliphatic heterocycles. The van der Waals surface area contributed by atoms with Crippen LogP contribution < -0.4 is 10.2 Å². The van der Waals surface area contributed by atoms with Crippen LogP contribution in [0.3, 0.4) is 0 Å². The van der Waals surface area contributed by atoms with Crippen molar-refractivity contribution in [1.82, 2.24) is 15.5 Å². The number of hydrogen-bond acceptors (Lipinski definition) is 7. The normalized spacial score (nSPS) is 12.7. The fourth-order valence-electron chi connectivity index (χ4n) is 1.14. The standard InChI is InChI=1S/C10H20N4O3/c1-8(7-15)14(2)10-13-12-9(17-10)6-11-4-5-16-3/h8,11,15H,4-7H2,1-3H3. The van der Waals surface area contributed by atoms with Crippen LogP contribution in [0.5, 0.6) is 0 Å². The van der Waals surface area contributed by atoms with Gasteiger partial charge in [-0.2, -0.15) is 0 Å². The van der Waals surface area contributed by atoms with Crippen LogP contribution >= 0.6 is 0 Å². The van der Waals surface area contributed by atoms with Gasteiger partial charge < -0.3 is 24.5 Å². The first-order chi connectivity index (χ1) is 8.19. The van der Waals surface area contributed by atoms with Crippen molar-refractivity contribution in [3.63, 3.8) is 0 Å². The van der Waals surface area contributed by atoms with E-state index < -0.39 is 0 Å². The van der Waals surface area contributed by atoms with Gasteiger partial charge in [-0.3, -0.25) is 0 Å². The summed E-state index contributed by atoms with van der Waals surface area (Å²) in [7, 11) is 3.45. The van der Waals surface area contributed by atoms with Gasteiger partial charge in [0.1, 0.15) is 0 Å². The van der Waals surface area contributed by atoms with E-state index in [9.17, 15) is 0 Å². The Morgan fingerprint density at radius 3 is 2.94 bits per heavy atom. The minimum absolute atomic E-state index is 0.0420. The van der Waals surface area contributed by atoms with Gasteiger partial charge in [0.05, 0.1) is 25.8 Å². The van der Waals surface area contributed by atoms with Gasteiger partial charge in [0.15, 0.2) is 0 Å². The molecular formula is C10H20N4O3. The van der Waals surface area contributed by atoms with Crippen LogP contribution in [0, 0.1) is 0 Å². The largest absolute Gasteiger partial charge is 0.407 e. The third-order valence-electron chi connectivity index (χ3n) is 2.44. The fraction of sp³-hybridized carbons (Fsp3) is 0.800. The molecule has 7 heteroatoms. The van der Waals surface area contributed by atoms with E-state index >= 15 is 0 Å². The Kier molecular flexibility index (Phi) is 5.88. The van der Waals surface area contributed by atoms with Gasteiger partial charge in [-0.25, -0.2) is 0 Å². The molecule has 1 heterocycles. The summed E-state index contributed by atoms with van der Waals surface area (Å²) >= 11 is 0. The maximum absolute atomic E-state index is 9.02. The van der Waals surface area contributed by atoms with Gasteiger partial charge in [0.25, 0.3) is 0 Å². The molecule has 7 nitrogen and oxygen atoms in total. The smallest absolute Gasteiger partial charge is 0.318 e. The highest BCUT2D eigenvalue weighted by atomic mass is 16.5. The number of nitrogens with one attached hydrogen (secondary N) is 1. The number of nitrogens with zero attached hydrogens (tertiary/aromatic N) is 3. The minimum atomic E-state index is -0.0512. The lowest BCUT2D eigenvalue weighted by Gasteiger charge is -2.19. The zero-order valence-electron chi connectivity index (χ0n) is 10.5. The molecule has 98 valence electrons. The summed E-state index contributed by atoms with van der Waals surface area (Å²) in [6.07, 6.45) is 0. The summed E-state index contributed by atoms with van der Waals surface area (Å²) in [5, 5.41) is 19.9. The zero-order chi connectivity index (χ0) is 12.7. The van der Waals surface area contributed by atoms with Crippen molar-refractivity contribution >= 4 is 6.01 Å². The minimum Gasteiger partial charge on any atom is -0.407 e. The van der Waals surface area contributed by atoms with Crippen molar-refractivity contribution in [1.29, 1.82) is 0 Å². The molecule has 0 amide bonds. The molecule has 17 heavy (non-hydrogen) atoms. The highest BCUT2D eigenvalue weighted by molar-refractivity contribution is 5.23. The summed E-state index contributed by atoms with van der Waals surface area (Å²) in [5.74, 6) is 0.521. The van der Waals surface area contributed by atoms with E-state index in [1.54, 1.807) is 19.1 Å². The molecule has 0 bridgehead atoms. The topological polar surface area (TPSA) is 83.7 Å². The average molecular weight is 244 g/mol. The molecule has 2 N–H and O–H groups in total. The number of aliphatic hydroxyl groups is 1. The molecule has 0 aliphatic rings. The van der Waals surface area contributed by atoms with Crippen molar-refractivity contribution in [2.45, 2.75) is 19.5 Å². The van der Waals surface area contributed by atoms with Gasteiger partial charge in [0.2, 0.25) is 5.89 Å². The second kappa shape index (κ2) is 7.21. The Labute approximate surface area is 101 Å². The SMILES string of the molecule is COCCNCc1nnc(N(C)C(C)CO)o1. The van der Waals surface area contributed by atoms with Gasteiger partial charge in [-0.1, -0.05) is 5.10 Å². The van der Waals surface area contributed by atoms with Crippen LogP contribution in [0.25, 0.3) is 0 Å². The molecule has 0 aliphatic carbocycles. The predicted molar refractivity (Wildman–Crippen MR) is 62.8 cm³/mol. The van der Waals surface area contributed by atoms with E-state index in [1.807, 2.05) is 6.92 Å². The molecule has 0 fully saturated rings. The first-order valence-corrected chi connectivity index (χ1v) is 5.54. The van der Waals surface area contributed by atoms with Gasteiger partial charge in [-0.05, 0) is 6.92 Å². The van der Waals surface area contributed by atoms with Crippen LogP contribution in [-0.4, -0.2) is 55.3 Å². The lowest BCUT2D eigenvalue weighted by atomic mass is 10.3. The summed E-state index contributed by atoms with van der Waals surface area (Å²) in [6, 6.07) is 0.361. The molecule has 1 atom stereocenters. The summed E-state index contributed by atoms with van der Waals surface area (Å²) in [5.41, 5.74) is 0. The quantitative estimate of drug-likeness (QED) is 0.603. The monoisotopic (exact) mass is 244 g/mol. The Morgan fingerprint density at radius 2 is 2.29 bits per heavy atom. The van der Waals surface area contributed by atoms with Crippen molar-refractivity contribution in [2.24, 2.45) is 0 Å². The van der Waals surface area contributed by atoms with E-state index in [2.05, 4.69) is 15.5 Å². The van der Waals surface area contributed by atoms with Gasteiger partial charge in [-0.15, -0.1) is 5.10 Å². The Hall–Kier alpha value is -1.18. The molecule has 1 rings (SSSR count). The van der Waals surface area contributed by atoms with Crippen molar-refractivity contribution in [3.05, 3.63) is 5.89 Å². The van der Waals surface area contributed by atoms with E-state index in [0.29, 0.717) is 25.1 Å². The Morgan fingerprint density at radius 1 is 1.53 bits per heavy atom. The van der Waals surface area contributed by atoms with E-state index in [-0.39, 0.29) is 12.6 Å². The van der Waals surface area contributed by atoms with Gasteiger partial charge >= 0.3 is 6.01 Å². The van der Waals surface area contributed by atoms with Crippen molar-refractivity contribution in [3.8, 4) is 0 Å². The third kappa shape index (κ3) is 4.29. The van der Waals surface area contributed by atoms with Crippen LogP contribution in [0.2, 0.25) is 0 Å². The van der Waals surface area contributed by atoms with Crippen LogP contribution in [-0.2, 0) is 11.3 Å². The number of hydrogen-bond donors (Lipinski definition) is 2. The molecule has 1 aromatic rings. The summed E-state index contributed by atoms with van der Waals surface area (Å²) in [4.78, 5) is 1.74. The molecule has 0 aromatic carbocycles. The fourth-order valence-corrected chi connectivity index (χ4v) is 1.14. The average Bonchev–Trinajstić information content (AvgIpc) is 2.81. The number of ether oxygens (including phenoxy) is 1.